The monoisotopic (exact) mass is 204 g/mol. The predicted molar refractivity (Wildman–Crippen MR) is 54.1 cm³/mol. The molecule has 0 spiro atoms. The van der Waals surface area contributed by atoms with Gasteiger partial charge >= 0.3 is 5.97 Å². The molecular weight excluding hydrogens is 192 g/mol. The molecule has 4 heteroatoms. The summed E-state index contributed by atoms with van der Waals surface area (Å²) in [4.78, 5) is 9.60. The molecule has 68 valence electrons. The van der Waals surface area contributed by atoms with Gasteiger partial charge in [0, 0.05) is 6.42 Å². The minimum Gasteiger partial charge on any atom is -0.481 e. The Hall–Kier alpha value is -0.480. The molecule has 12 heavy (non-hydrogen) atoms. The summed E-state index contributed by atoms with van der Waals surface area (Å²) in [5.41, 5.74) is 0. The van der Waals surface area contributed by atoms with Crippen LogP contribution in [0.15, 0.2) is 21.7 Å². The van der Waals surface area contributed by atoms with Crippen molar-refractivity contribution in [3.05, 3.63) is 17.5 Å². The number of rotatable bonds is 2. The Labute approximate surface area is 81.6 Å². The van der Waals surface area contributed by atoms with Gasteiger partial charge in [-0.3, -0.25) is 4.79 Å². The Kier molecular flexibility index (Phi) is 6.90. The van der Waals surface area contributed by atoms with Crippen LogP contribution in [0.2, 0.25) is 0 Å². The van der Waals surface area contributed by atoms with Gasteiger partial charge in [0.15, 0.2) is 0 Å². The molecule has 0 saturated heterocycles. The Morgan fingerprint density at radius 3 is 2.50 bits per heavy atom. The van der Waals surface area contributed by atoms with E-state index < -0.39 is 5.97 Å². The Balaban J connectivity index is 0.000000202. The van der Waals surface area contributed by atoms with E-state index in [1.807, 2.05) is 24.4 Å². The molecule has 1 aromatic rings. The summed E-state index contributed by atoms with van der Waals surface area (Å²) in [5.74, 6) is -0.711. The second-order valence-electron chi connectivity index (χ2n) is 2.10. The fourth-order valence-corrected chi connectivity index (χ4v) is 1.21. The number of carbonyl (C=O) groups is 1. The minimum atomic E-state index is -0.711. The standard InChI is InChI=1S/C4H8O2.C4H4S2/c1-2-3-4(5)6;5-4-2-1-3-6-4/h2-3H2,1H3,(H,5,6);1-3,5H. The van der Waals surface area contributed by atoms with Gasteiger partial charge in [-0.15, -0.1) is 24.0 Å². The molecule has 0 aliphatic rings. The smallest absolute Gasteiger partial charge is 0.303 e. The largest absolute Gasteiger partial charge is 0.481 e. The van der Waals surface area contributed by atoms with Crippen LogP contribution in [0, 0.1) is 0 Å². The van der Waals surface area contributed by atoms with E-state index in [1.165, 1.54) is 0 Å². The normalized spacial score (nSPS) is 8.50. The Bertz CT molecular complexity index is 207. The molecule has 1 aromatic heterocycles. The Morgan fingerprint density at radius 1 is 1.75 bits per heavy atom. The van der Waals surface area contributed by atoms with Gasteiger partial charge in [0.2, 0.25) is 0 Å². The molecule has 1 rings (SSSR count). The molecule has 0 fully saturated rings. The van der Waals surface area contributed by atoms with Crippen molar-refractivity contribution in [3.8, 4) is 0 Å². The molecule has 0 bridgehead atoms. The molecule has 0 radical (unpaired) electrons. The molecule has 2 nitrogen and oxygen atoms in total. The lowest BCUT2D eigenvalue weighted by Gasteiger charge is -1.79. The van der Waals surface area contributed by atoms with Gasteiger partial charge in [-0.25, -0.2) is 0 Å². The molecule has 0 saturated carbocycles. The van der Waals surface area contributed by atoms with Gasteiger partial charge in [-0.05, 0) is 17.9 Å². The van der Waals surface area contributed by atoms with Crippen molar-refractivity contribution in [2.75, 3.05) is 0 Å². The van der Waals surface area contributed by atoms with Gasteiger partial charge in [0.1, 0.15) is 0 Å². The third-order valence-electron chi connectivity index (χ3n) is 0.970. The average Bonchev–Trinajstić information content (AvgIpc) is 2.40. The number of carboxylic acid groups (broad SMARTS) is 1. The number of thiol groups is 1. The van der Waals surface area contributed by atoms with Crippen LogP contribution in [0.5, 0.6) is 0 Å². The van der Waals surface area contributed by atoms with Gasteiger partial charge in [-0.2, -0.15) is 0 Å². The highest BCUT2D eigenvalue weighted by molar-refractivity contribution is 7.82. The number of hydrogen-bond donors (Lipinski definition) is 2. The zero-order valence-electron chi connectivity index (χ0n) is 6.86. The van der Waals surface area contributed by atoms with Crippen LogP contribution >= 0.6 is 24.0 Å². The highest BCUT2D eigenvalue weighted by Gasteiger charge is 1.87. The van der Waals surface area contributed by atoms with Crippen LogP contribution < -0.4 is 0 Å². The SMILES string of the molecule is CCCC(=O)O.Sc1cccs1. The fraction of sp³-hybridized carbons (Fsp3) is 0.375. The average molecular weight is 204 g/mol. The minimum absolute atomic E-state index is 0.292. The molecule has 1 heterocycles. The van der Waals surface area contributed by atoms with Crippen LogP contribution in [0.1, 0.15) is 19.8 Å². The third kappa shape index (κ3) is 7.63. The molecule has 0 aromatic carbocycles. The van der Waals surface area contributed by atoms with Crippen molar-refractivity contribution in [2.45, 2.75) is 24.0 Å². The van der Waals surface area contributed by atoms with Crippen molar-refractivity contribution in [2.24, 2.45) is 0 Å². The molecule has 0 aliphatic heterocycles. The fourth-order valence-electron chi connectivity index (χ4n) is 0.484. The van der Waals surface area contributed by atoms with E-state index >= 15 is 0 Å². The topological polar surface area (TPSA) is 37.3 Å². The molecular formula is C8H12O2S2. The van der Waals surface area contributed by atoms with Crippen LogP contribution in [-0.4, -0.2) is 11.1 Å². The first kappa shape index (κ1) is 11.5. The van der Waals surface area contributed by atoms with E-state index in [2.05, 4.69) is 12.6 Å². The summed E-state index contributed by atoms with van der Waals surface area (Å²) in [7, 11) is 0. The molecule has 0 aliphatic carbocycles. The predicted octanol–water partition coefficient (Wildman–Crippen LogP) is 2.91. The zero-order valence-corrected chi connectivity index (χ0v) is 8.57. The molecule has 1 N–H and O–H groups in total. The number of hydrogen-bond acceptors (Lipinski definition) is 3. The van der Waals surface area contributed by atoms with E-state index in [0.717, 1.165) is 10.6 Å². The molecule has 0 atom stereocenters. The van der Waals surface area contributed by atoms with E-state index in [-0.39, 0.29) is 0 Å². The maximum absolute atomic E-state index is 9.60. The second-order valence-corrected chi connectivity index (χ2v) is 3.83. The van der Waals surface area contributed by atoms with E-state index in [0.29, 0.717) is 6.42 Å². The number of thiophene rings is 1. The Morgan fingerprint density at radius 2 is 2.42 bits per heavy atom. The number of carboxylic acids is 1. The first-order valence-electron chi connectivity index (χ1n) is 3.61. The van der Waals surface area contributed by atoms with Crippen LogP contribution in [-0.2, 0) is 4.79 Å². The first-order chi connectivity index (χ1) is 5.66. The van der Waals surface area contributed by atoms with Crippen molar-refractivity contribution in [3.63, 3.8) is 0 Å². The van der Waals surface area contributed by atoms with Crippen molar-refractivity contribution in [1.29, 1.82) is 0 Å². The lowest BCUT2D eigenvalue weighted by Crippen LogP contribution is -1.90. The van der Waals surface area contributed by atoms with Crippen molar-refractivity contribution < 1.29 is 9.90 Å². The van der Waals surface area contributed by atoms with Crippen LogP contribution in [0.4, 0.5) is 0 Å². The van der Waals surface area contributed by atoms with E-state index in [4.69, 9.17) is 5.11 Å². The third-order valence-corrected chi connectivity index (χ3v) is 2.11. The van der Waals surface area contributed by atoms with E-state index in [1.54, 1.807) is 11.3 Å². The summed E-state index contributed by atoms with van der Waals surface area (Å²) in [6, 6.07) is 3.95. The summed E-state index contributed by atoms with van der Waals surface area (Å²) < 4.78 is 1.08. The van der Waals surface area contributed by atoms with Gasteiger partial charge in [-0.1, -0.05) is 13.0 Å². The quantitative estimate of drug-likeness (QED) is 0.727. The molecule has 0 amide bonds. The summed E-state index contributed by atoms with van der Waals surface area (Å²) >= 11 is 5.70. The maximum atomic E-state index is 9.60. The summed E-state index contributed by atoms with van der Waals surface area (Å²) in [5, 5.41) is 9.92. The van der Waals surface area contributed by atoms with Gasteiger partial charge in [0.25, 0.3) is 0 Å². The summed E-state index contributed by atoms with van der Waals surface area (Å²) in [6.45, 7) is 1.84. The molecule has 0 unspecified atom stereocenters. The van der Waals surface area contributed by atoms with Crippen molar-refractivity contribution >= 4 is 29.9 Å². The first-order valence-corrected chi connectivity index (χ1v) is 4.93. The summed E-state index contributed by atoms with van der Waals surface area (Å²) in [6.07, 6.45) is 1.02. The van der Waals surface area contributed by atoms with Gasteiger partial charge in [0.05, 0.1) is 4.21 Å². The lowest BCUT2D eigenvalue weighted by molar-refractivity contribution is -0.137. The highest BCUT2D eigenvalue weighted by Crippen LogP contribution is 2.11. The van der Waals surface area contributed by atoms with Crippen LogP contribution in [0.25, 0.3) is 0 Å². The highest BCUT2D eigenvalue weighted by atomic mass is 32.2. The van der Waals surface area contributed by atoms with Gasteiger partial charge < -0.3 is 5.11 Å². The lowest BCUT2D eigenvalue weighted by atomic mass is 10.4. The van der Waals surface area contributed by atoms with E-state index in [9.17, 15) is 4.79 Å². The zero-order chi connectivity index (χ0) is 9.40. The van der Waals surface area contributed by atoms with Crippen molar-refractivity contribution in [1.82, 2.24) is 0 Å². The maximum Gasteiger partial charge on any atom is 0.303 e. The van der Waals surface area contributed by atoms with Crippen LogP contribution in [0.3, 0.4) is 0 Å². The second kappa shape index (κ2) is 7.18. The number of aliphatic carboxylic acids is 1.